The summed E-state index contributed by atoms with van der Waals surface area (Å²) in [5, 5.41) is 3.23. The lowest BCUT2D eigenvalue weighted by Gasteiger charge is -2.37. The standard InChI is InChI=1S/C20H26N4O2/c1-20(2,26-3)19(25)24-12-6-7-16(14-24)15-9-11-22-18(13-15)23-17-8-4-5-10-21-17/h4-5,8-11,13,16H,6-7,12,14H2,1-3H3,(H,21,22,23). The van der Waals surface area contributed by atoms with Gasteiger partial charge in [0.15, 0.2) is 0 Å². The quantitative estimate of drug-likeness (QED) is 0.892. The van der Waals surface area contributed by atoms with Crippen LogP contribution in [0, 0.1) is 0 Å². The number of amides is 1. The molecule has 1 atom stereocenters. The number of anilines is 2. The van der Waals surface area contributed by atoms with Gasteiger partial charge in [0.05, 0.1) is 0 Å². The van der Waals surface area contributed by atoms with Gasteiger partial charge < -0.3 is 15.0 Å². The van der Waals surface area contributed by atoms with Crippen molar-refractivity contribution in [3.05, 3.63) is 48.3 Å². The van der Waals surface area contributed by atoms with Gasteiger partial charge in [-0.25, -0.2) is 9.97 Å². The summed E-state index contributed by atoms with van der Waals surface area (Å²) < 4.78 is 5.36. The van der Waals surface area contributed by atoms with Gasteiger partial charge in [-0.1, -0.05) is 6.07 Å². The van der Waals surface area contributed by atoms with Crippen molar-refractivity contribution in [2.75, 3.05) is 25.5 Å². The van der Waals surface area contributed by atoms with Gasteiger partial charge >= 0.3 is 0 Å². The molecule has 1 aliphatic rings. The Morgan fingerprint density at radius 2 is 2.04 bits per heavy atom. The topological polar surface area (TPSA) is 67.3 Å². The van der Waals surface area contributed by atoms with Crippen LogP contribution in [0.5, 0.6) is 0 Å². The molecule has 1 saturated heterocycles. The molecular formula is C20H26N4O2. The Morgan fingerprint density at radius 1 is 1.23 bits per heavy atom. The van der Waals surface area contributed by atoms with Crippen LogP contribution in [0.2, 0.25) is 0 Å². The molecule has 0 spiro atoms. The molecule has 0 bridgehead atoms. The van der Waals surface area contributed by atoms with Crippen molar-refractivity contribution in [2.45, 2.75) is 38.2 Å². The zero-order valence-corrected chi connectivity index (χ0v) is 15.6. The van der Waals surface area contributed by atoms with Gasteiger partial charge in [0, 0.05) is 38.5 Å². The van der Waals surface area contributed by atoms with E-state index in [1.54, 1.807) is 19.5 Å². The number of piperidine rings is 1. The third-order valence-corrected chi connectivity index (χ3v) is 4.91. The average Bonchev–Trinajstić information content (AvgIpc) is 2.68. The Bertz CT molecular complexity index is 748. The number of pyridine rings is 2. The lowest BCUT2D eigenvalue weighted by molar-refractivity contribution is -0.152. The van der Waals surface area contributed by atoms with Crippen molar-refractivity contribution in [1.82, 2.24) is 14.9 Å². The van der Waals surface area contributed by atoms with Crippen LogP contribution in [0.15, 0.2) is 42.7 Å². The monoisotopic (exact) mass is 354 g/mol. The first-order chi connectivity index (χ1) is 12.5. The molecule has 3 rings (SSSR count). The predicted octanol–water partition coefficient (Wildman–Crippen LogP) is 3.35. The number of carbonyl (C=O) groups excluding carboxylic acids is 1. The van der Waals surface area contributed by atoms with Crippen molar-refractivity contribution in [1.29, 1.82) is 0 Å². The maximum absolute atomic E-state index is 12.7. The minimum absolute atomic E-state index is 0.0468. The zero-order valence-electron chi connectivity index (χ0n) is 15.6. The number of rotatable bonds is 5. The van der Waals surface area contributed by atoms with Crippen LogP contribution in [-0.2, 0) is 9.53 Å². The van der Waals surface area contributed by atoms with Gasteiger partial charge in [0.2, 0.25) is 0 Å². The van der Waals surface area contributed by atoms with Crippen LogP contribution in [-0.4, -0.2) is 46.6 Å². The molecular weight excluding hydrogens is 328 g/mol. The lowest BCUT2D eigenvalue weighted by atomic mass is 9.90. The minimum atomic E-state index is -0.786. The first kappa shape index (κ1) is 18.3. The van der Waals surface area contributed by atoms with Gasteiger partial charge in [-0.15, -0.1) is 0 Å². The summed E-state index contributed by atoms with van der Waals surface area (Å²) in [6.45, 7) is 5.13. The Morgan fingerprint density at radius 3 is 2.77 bits per heavy atom. The van der Waals surface area contributed by atoms with E-state index >= 15 is 0 Å². The third kappa shape index (κ3) is 4.19. The predicted molar refractivity (Wildman–Crippen MR) is 101 cm³/mol. The number of nitrogens with one attached hydrogen (secondary N) is 1. The van der Waals surface area contributed by atoms with Crippen molar-refractivity contribution >= 4 is 17.5 Å². The molecule has 3 heterocycles. The SMILES string of the molecule is COC(C)(C)C(=O)N1CCCC(c2ccnc(Nc3ccccn3)c2)C1. The maximum Gasteiger partial charge on any atom is 0.254 e. The molecule has 0 aromatic carbocycles. The fourth-order valence-electron chi connectivity index (χ4n) is 3.24. The maximum atomic E-state index is 12.7. The van der Waals surface area contributed by atoms with E-state index in [2.05, 4.69) is 21.4 Å². The van der Waals surface area contributed by atoms with Gasteiger partial charge in [0.1, 0.15) is 17.2 Å². The van der Waals surface area contributed by atoms with E-state index in [0.717, 1.165) is 31.0 Å². The van der Waals surface area contributed by atoms with Gasteiger partial charge in [-0.2, -0.15) is 0 Å². The molecule has 2 aromatic rings. The first-order valence-corrected chi connectivity index (χ1v) is 8.98. The number of ether oxygens (including phenoxy) is 1. The number of carbonyl (C=O) groups is 1. The molecule has 2 aromatic heterocycles. The molecule has 138 valence electrons. The second-order valence-electron chi connectivity index (χ2n) is 7.12. The molecule has 0 saturated carbocycles. The van der Waals surface area contributed by atoms with Crippen LogP contribution in [0.4, 0.5) is 11.6 Å². The zero-order chi connectivity index (χ0) is 18.6. The van der Waals surface area contributed by atoms with Crippen LogP contribution in [0.1, 0.15) is 38.2 Å². The van der Waals surface area contributed by atoms with E-state index in [1.165, 1.54) is 5.56 Å². The van der Waals surface area contributed by atoms with Gasteiger partial charge in [-0.05, 0) is 56.5 Å². The highest BCUT2D eigenvalue weighted by molar-refractivity contribution is 5.84. The molecule has 1 unspecified atom stereocenters. The lowest BCUT2D eigenvalue weighted by Crippen LogP contribution is -2.49. The second kappa shape index (κ2) is 7.83. The molecule has 6 heteroatoms. The second-order valence-corrected chi connectivity index (χ2v) is 7.12. The van der Waals surface area contributed by atoms with Crippen molar-refractivity contribution < 1.29 is 9.53 Å². The normalized spacial score (nSPS) is 17.8. The number of hydrogen-bond donors (Lipinski definition) is 1. The van der Waals surface area contributed by atoms with E-state index < -0.39 is 5.60 Å². The van der Waals surface area contributed by atoms with E-state index in [9.17, 15) is 4.79 Å². The smallest absolute Gasteiger partial charge is 0.254 e. The molecule has 0 aliphatic carbocycles. The molecule has 1 N–H and O–H groups in total. The minimum Gasteiger partial charge on any atom is -0.369 e. The summed E-state index contributed by atoms with van der Waals surface area (Å²) in [6, 6.07) is 9.80. The molecule has 0 radical (unpaired) electrons. The highest BCUT2D eigenvalue weighted by atomic mass is 16.5. The molecule has 26 heavy (non-hydrogen) atoms. The third-order valence-electron chi connectivity index (χ3n) is 4.91. The average molecular weight is 354 g/mol. The summed E-state index contributed by atoms with van der Waals surface area (Å²) in [5.74, 6) is 1.87. The summed E-state index contributed by atoms with van der Waals surface area (Å²) >= 11 is 0. The summed E-state index contributed by atoms with van der Waals surface area (Å²) in [7, 11) is 1.58. The Kier molecular flexibility index (Phi) is 5.52. The Balaban J connectivity index is 1.72. The summed E-state index contributed by atoms with van der Waals surface area (Å²) in [4.78, 5) is 23.3. The van der Waals surface area contributed by atoms with E-state index in [4.69, 9.17) is 4.74 Å². The van der Waals surface area contributed by atoms with E-state index in [1.807, 2.05) is 43.0 Å². The van der Waals surface area contributed by atoms with Crippen molar-refractivity contribution in [3.8, 4) is 0 Å². The van der Waals surface area contributed by atoms with Crippen LogP contribution in [0.3, 0.4) is 0 Å². The summed E-state index contributed by atoms with van der Waals surface area (Å²) in [5.41, 5.74) is 0.400. The number of hydrogen-bond acceptors (Lipinski definition) is 5. The molecule has 1 fully saturated rings. The number of likely N-dealkylation sites (tertiary alicyclic amines) is 1. The van der Waals surface area contributed by atoms with Crippen LogP contribution >= 0.6 is 0 Å². The van der Waals surface area contributed by atoms with Crippen LogP contribution in [0.25, 0.3) is 0 Å². The van der Waals surface area contributed by atoms with E-state index in [-0.39, 0.29) is 5.91 Å². The number of methoxy groups -OCH3 is 1. The summed E-state index contributed by atoms with van der Waals surface area (Å²) in [6.07, 6.45) is 5.60. The molecule has 1 aliphatic heterocycles. The van der Waals surface area contributed by atoms with Crippen LogP contribution < -0.4 is 5.32 Å². The number of nitrogens with zero attached hydrogens (tertiary/aromatic N) is 3. The van der Waals surface area contributed by atoms with Crippen molar-refractivity contribution in [3.63, 3.8) is 0 Å². The fraction of sp³-hybridized carbons (Fsp3) is 0.450. The van der Waals surface area contributed by atoms with Crippen molar-refractivity contribution in [2.24, 2.45) is 0 Å². The molecule has 6 nitrogen and oxygen atoms in total. The Labute approximate surface area is 154 Å². The first-order valence-electron chi connectivity index (χ1n) is 8.98. The molecule has 1 amide bonds. The highest BCUT2D eigenvalue weighted by Gasteiger charge is 2.34. The largest absolute Gasteiger partial charge is 0.369 e. The number of aromatic nitrogens is 2. The highest BCUT2D eigenvalue weighted by Crippen LogP contribution is 2.29. The van der Waals surface area contributed by atoms with Gasteiger partial charge in [0.25, 0.3) is 5.91 Å². The van der Waals surface area contributed by atoms with E-state index in [0.29, 0.717) is 12.5 Å². The Hall–Kier alpha value is -2.47. The fourth-order valence-corrected chi connectivity index (χ4v) is 3.24. The van der Waals surface area contributed by atoms with Gasteiger partial charge in [-0.3, -0.25) is 4.79 Å².